The van der Waals surface area contributed by atoms with E-state index in [-0.39, 0.29) is 0 Å². The molecule has 1 aromatic heterocycles. The summed E-state index contributed by atoms with van der Waals surface area (Å²) in [6.07, 6.45) is 1.23. The Balaban J connectivity index is 0.000000216. The first-order valence-corrected chi connectivity index (χ1v) is 6.49. The van der Waals surface area contributed by atoms with E-state index < -0.39 is 24.2 Å². The molecule has 0 aliphatic heterocycles. The van der Waals surface area contributed by atoms with E-state index in [2.05, 4.69) is 28.5 Å². The Hall–Kier alpha value is -2.50. The highest BCUT2D eigenvalue weighted by molar-refractivity contribution is 5.78. The molecule has 1 heterocycles. The molecule has 21 heavy (non-hydrogen) atoms. The van der Waals surface area contributed by atoms with Crippen molar-refractivity contribution in [2.24, 2.45) is 0 Å². The lowest BCUT2D eigenvalue weighted by Crippen LogP contribution is -2.35. The van der Waals surface area contributed by atoms with Crippen LogP contribution in [0.5, 0.6) is 0 Å². The van der Waals surface area contributed by atoms with Crippen LogP contribution >= 0.6 is 0 Å². The number of rotatable bonds is 2. The second-order valence-electron chi connectivity index (χ2n) is 5.31. The van der Waals surface area contributed by atoms with Gasteiger partial charge in [-0.2, -0.15) is 0 Å². The standard InChI is InChI=1S/C8H7N.C7H13NO4/c1-2-4-8-7(3-1)5-6-9-8;1-7(2,3)12-6(11)8-4-5(9)10/h1-6,9H;4H2,1-3H3,(H,8,11)(H,9,10). The Bertz CT molecular complexity index is 569. The number of hydrogen-bond acceptors (Lipinski definition) is 3. The minimum atomic E-state index is -1.10. The third-order valence-electron chi connectivity index (χ3n) is 2.25. The summed E-state index contributed by atoms with van der Waals surface area (Å²) in [7, 11) is 0. The summed E-state index contributed by atoms with van der Waals surface area (Å²) in [5.41, 5.74) is 0.611. The van der Waals surface area contributed by atoms with Crippen molar-refractivity contribution < 1.29 is 19.4 Å². The SMILES string of the molecule is CC(C)(C)OC(=O)NCC(=O)O.c1ccc2[nH]ccc2c1. The number of carbonyl (C=O) groups excluding carboxylic acids is 1. The van der Waals surface area contributed by atoms with Crippen LogP contribution in [0.2, 0.25) is 0 Å². The Kier molecular flexibility index (Phi) is 5.78. The number of alkyl carbamates (subject to hydrolysis) is 1. The van der Waals surface area contributed by atoms with E-state index in [0.717, 1.165) is 0 Å². The van der Waals surface area contributed by atoms with Crippen LogP contribution in [0.4, 0.5) is 4.79 Å². The van der Waals surface area contributed by atoms with Gasteiger partial charge in [0.05, 0.1) is 0 Å². The number of aromatic amines is 1. The van der Waals surface area contributed by atoms with Crippen molar-refractivity contribution in [1.29, 1.82) is 0 Å². The van der Waals surface area contributed by atoms with Gasteiger partial charge >= 0.3 is 12.1 Å². The minimum Gasteiger partial charge on any atom is -0.480 e. The van der Waals surface area contributed by atoms with Crippen LogP contribution in [0, 0.1) is 0 Å². The Labute approximate surface area is 123 Å². The van der Waals surface area contributed by atoms with Gasteiger partial charge < -0.3 is 20.1 Å². The third kappa shape index (κ3) is 7.00. The van der Waals surface area contributed by atoms with Crippen molar-refractivity contribution in [3.63, 3.8) is 0 Å². The molecule has 114 valence electrons. The van der Waals surface area contributed by atoms with Crippen LogP contribution in [0.3, 0.4) is 0 Å². The number of fused-ring (bicyclic) bond motifs is 1. The van der Waals surface area contributed by atoms with Gasteiger partial charge in [-0.05, 0) is 38.3 Å². The maximum Gasteiger partial charge on any atom is 0.408 e. The molecule has 0 unspecified atom stereocenters. The number of H-pyrrole nitrogens is 1. The summed E-state index contributed by atoms with van der Waals surface area (Å²) in [5.74, 6) is -1.10. The molecule has 0 saturated heterocycles. The van der Waals surface area contributed by atoms with Crippen LogP contribution < -0.4 is 5.32 Å². The molecular weight excluding hydrogens is 272 g/mol. The van der Waals surface area contributed by atoms with Crippen molar-refractivity contribution in [3.05, 3.63) is 36.5 Å². The van der Waals surface area contributed by atoms with E-state index in [9.17, 15) is 9.59 Å². The fourth-order valence-corrected chi connectivity index (χ4v) is 1.46. The first kappa shape index (κ1) is 16.6. The molecule has 0 atom stereocenters. The zero-order chi connectivity index (χ0) is 15.9. The second kappa shape index (κ2) is 7.33. The molecule has 0 spiro atoms. The highest BCUT2D eigenvalue weighted by Crippen LogP contribution is 2.09. The molecular formula is C15H20N2O4. The molecule has 2 rings (SSSR count). The summed E-state index contributed by atoms with van der Waals surface area (Å²) in [6.45, 7) is 4.68. The molecule has 3 N–H and O–H groups in total. The summed E-state index contributed by atoms with van der Waals surface area (Å²) in [5, 5.41) is 11.5. The molecule has 1 amide bonds. The normalized spacial score (nSPS) is 10.4. The van der Waals surface area contributed by atoms with Gasteiger partial charge in [0.15, 0.2) is 0 Å². The number of ether oxygens (including phenoxy) is 1. The van der Waals surface area contributed by atoms with Gasteiger partial charge in [0, 0.05) is 11.7 Å². The average Bonchev–Trinajstić information content (AvgIpc) is 2.83. The highest BCUT2D eigenvalue weighted by Gasteiger charge is 2.16. The third-order valence-corrected chi connectivity index (χ3v) is 2.25. The van der Waals surface area contributed by atoms with Gasteiger partial charge in [-0.15, -0.1) is 0 Å². The number of nitrogens with one attached hydrogen (secondary N) is 2. The average molecular weight is 292 g/mol. The number of carbonyl (C=O) groups is 2. The van der Waals surface area contributed by atoms with Crippen LogP contribution in [-0.2, 0) is 9.53 Å². The molecule has 1 aromatic carbocycles. The zero-order valence-corrected chi connectivity index (χ0v) is 12.3. The number of benzene rings is 1. The molecule has 6 nitrogen and oxygen atoms in total. The number of aliphatic carboxylic acids is 1. The van der Waals surface area contributed by atoms with Crippen molar-refractivity contribution in [2.75, 3.05) is 6.54 Å². The summed E-state index contributed by atoms with van der Waals surface area (Å²) < 4.78 is 4.77. The smallest absolute Gasteiger partial charge is 0.408 e. The first-order chi connectivity index (χ1) is 9.78. The van der Waals surface area contributed by atoms with Gasteiger partial charge in [0.25, 0.3) is 0 Å². The number of carboxylic acids is 1. The lowest BCUT2D eigenvalue weighted by atomic mass is 10.2. The van der Waals surface area contributed by atoms with E-state index in [4.69, 9.17) is 9.84 Å². The maximum atomic E-state index is 10.8. The van der Waals surface area contributed by atoms with E-state index in [0.29, 0.717) is 0 Å². The van der Waals surface area contributed by atoms with Crippen molar-refractivity contribution in [3.8, 4) is 0 Å². The topological polar surface area (TPSA) is 91.4 Å². The quantitative estimate of drug-likeness (QED) is 0.793. The molecule has 0 radical (unpaired) electrons. The van der Waals surface area contributed by atoms with Crippen LogP contribution in [-0.4, -0.2) is 34.3 Å². The minimum absolute atomic E-state index is 0.422. The number of hydrogen-bond donors (Lipinski definition) is 3. The monoisotopic (exact) mass is 292 g/mol. The largest absolute Gasteiger partial charge is 0.480 e. The van der Waals surface area contributed by atoms with Gasteiger partial charge in [0.2, 0.25) is 0 Å². The molecule has 0 aliphatic rings. The van der Waals surface area contributed by atoms with E-state index in [1.807, 2.05) is 18.3 Å². The maximum absolute atomic E-state index is 10.8. The first-order valence-electron chi connectivity index (χ1n) is 6.49. The van der Waals surface area contributed by atoms with E-state index >= 15 is 0 Å². The molecule has 0 saturated carbocycles. The Morgan fingerprint density at radius 3 is 2.48 bits per heavy atom. The fourth-order valence-electron chi connectivity index (χ4n) is 1.46. The van der Waals surface area contributed by atoms with Gasteiger partial charge in [-0.1, -0.05) is 18.2 Å². The summed E-state index contributed by atoms with van der Waals surface area (Å²) in [4.78, 5) is 23.9. The van der Waals surface area contributed by atoms with Crippen LogP contribution in [0.15, 0.2) is 36.5 Å². The molecule has 0 fully saturated rings. The number of carboxylic acid groups (broad SMARTS) is 1. The number of amides is 1. The van der Waals surface area contributed by atoms with Gasteiger partial charge in [0.1, 0.15) is 12.1 Å². The summed E-state index contributed by atoms with van der Waals surface area (Å²) in [6, 6.07) is 10.3. The van der Waals surface area contributed by atoms with Crippen LogP contribution in [0.1, 0.15) is 20.8 Å². The van der Waals surface area contributed by atoms with Crippen molar-refractivity contribution >= 4 is 23.0 Å². The van der Waals surface area contributed by atoms with Crippen molar-refractivity contribution in [2.45, 2.75) is 26.4 Å². The molecule has 6 heteroatoms. The van der Waals surface area contributed by atoms with E-state index in [1.165, 1.54) is 10.9 Å². The molecule has 0 bridgehead atoms. The Morgan fingerprint density at radius 1 is 1.24 bits per heavy atom. The zero-order valence-electron chi connectivity index (χ0n) is 12.3. The number of aromatic nitrogens is 1. The fraction of sp³-hybridized carbons (Fsp3) is 0.333. The highest BCUT2D eigenvalue weighted by atomic mass is 16.6. The van der Waals surface area contributed by atoms with E-state index in [1.54, 1.807) is 20.8 Å². The van der Waals surface area contributed by atoms with Crippen molar-refractivity contribution in [1.82, 2.24) is 10.3 Å². The van der Waals surface area contributed by atoms with Gasteiger partial charge in [-0.25, -0.2) is 4.79 Å². The van der Waals surface area contributed by atoms with Crippen LogP contribution in [0.25, 0.3) is 10.9 Å². The predicted octanol–water partition coefficient (Wildman–Crippen LogP) is 2.76. The lowest BCUT2D eigenvalue weighted by Gasteiger charge is -2.19. The second-order valence-corrected chi connectivity index (χ2v) is 5.31. The Morgan fingerprint density at radius 2 is 1.90 bits per heavy atom. The number of para-hydroxylation sites is 1. The van der Waals surface area contributed by atoms with Gasteiger partial charge in [-0.3, -0.25) is 4.79 Å². The lowest BCUT2D eigenvalue weighted by molar-refractivity contribution is -0.136. The summed E-state index contributed by atoms with van der Waals surface area (Å²) >= 11 is 0. The predicted molar refractivity (Wildman–Crippen MR) is 80.2 cm³/mol. The molecule has 2 aromatic rings. The molecule has 0 aliphatic carbocycles.